The van der Waals surface area contributed by atoms with Gasteiger partial charge in [-0.3, -0.25) is 0 Å². The van der Waals surface area contributed by atoms with E-state index >= 15 is 0 Å². The van der Waals surface area contributed by atoms with Crippen molar-refractivity contribution in [1.82, 2.24) is 10.2 Å². The molecule has 1 atom stereocenters. The van der Waals surface area contributed by atoms with Crippen molar-refractivity contribution in [3.8, 4) is 0 Å². The Hall–Kier alpha value is -0.860. The zero-order valence-electron chi connectivity index (χ0n) is 13.9. The van der Waals surface area contributed by atoms with Crippen LogP contribution in [0.5, 0.6) is 0 Å². The Morgan fingerprint density at radius 2 is 1.60 bits per heavy atom. The molecule has 0 aliphatic carbocycles. The normalized spacial score (nSPS) is 13.2. The minimum absolute atomic E-state index is 0.438. The maximum atomic E-state index is 3.62. The number of likely N-dealkylation sites (N-methyl/N-ethyl adjacent to an activating group) is 2. The molecule has 1 aromatic rings. The molecule has 1 N–H and O–H groups in total. The molecule has 0 aliphatic rings. The summed E-state index contributed by atoms with van der Waals surface area (Å²) in [5.74, 6) is 0.723. The first-order valence-electron chi connectivity index (χ1n) is 8.15. The molecular formula is C18H32N2. The van der Waals surface area contributed by atoms with Crippen LogP contribution in [0.15, 0.2) is 24.3 Å². The van der Waals surface area contributed by atoms with Crippen LogP contribution in [0.2, 0.25) is 0 Å². The van der Waals surface area contributed by atoms with Crippen molar-refractivity contribution < 1.29 is 0 Å². The third-order valence-electron chi connectivity index (χ3n) is 3.81. The summed E-state index contributed by atoms with van der Waals surface area (Å²) in [6.45, 7) is 15.5. The number of rotatable bonds is 9. The van der Waals surface area contributed by atoms with Crippen LogP contribution in [0.4, 0.5) is 0 Å². The summed E-state index contributed by atoms with van der Waals surface area (Å²) in [7, 11) is 0. The fraction of sp³-hybridized carbons (Fsp3) is 0.667. The topological polar surface area (TPSA) is 15.3 Å². The van der Waals surface area contributed by atoms with Gasteiger partial charge < -0.3 is 10.2 Å². The molecule has 0 radical (unpaired) electrons. The van der Waals surface area contributed by atoms with E-state index in [0.717, 1.165) is 32.1 Å². The van der Waals surface area contributed by atoms with Crippen molar-refractivity contribution in [3.63, 3.8) is 0 Å². The zero-order chi connectivity index (χ0) is 15.0. The third kappa shape index (κ3) is 5.64. The van der Waals surface area contributed by atoms with E-state index in [4.69, 9.17) is 0 Å². The van der Waals surface area contributed by atoms with E-state index in [2.05, 4.69) is 69.1 Å². The highest BCUT2D eigenvalue weighted by molar-refractivity contribution is 5.25. The molecule has 2 heteroatoms. The molecule has 0 bridgehead atoms. The Balaban J connectivity index is 2.75. The molecule has 1 unspecified atom stereocenters. The highest BCUT2D eigenvalue weighted by Crippen LogP contribution is 2.17. The largest absolute Gasteiger partial charge is 0.309 e. The second kappa shape index (κ2) is 9.15. The van der Waals surface area contributed by atoms with Crippen LogP contribution in [-0.4, -0.2) is 31.1 Å². The summed E-state index contributed by atoms with van der Waals surface area (Å²) < 4.78 is 0. The minimum Gasteiger partial charge on any atom is -0.309 e. The minimum atomic E-state index is 0.438. The molecule has 114 valence electrons. The fourth-order valence-electron chi connectivity index (χ4n) is 2.63. The molecule has 1 aromatic carbocycles. The highest BCUT2D eigenvalue weighted by Gasteiger charge is 2.13. The zero-order valence-corrected chi connectivity index (χ0v) is 13.9. The van der Waals surface area contributed by atoms with Gasteiger partial charge >= 0.3 is 0 Å². The molecule has 1 rings (SSSR count). The predicted molar refractivity (Wildman–Crippen MR) is 89.2 cm³/mol. The van der Waals surface area contributed by atoms with Gasteiger partial charge in [0.05, 0.1) is 0 Å². The molecule has 2 nitrogen and oxygen atoms in total. The molecule has 0 saturated heterocycles. The Bertz CT molecular complexity index is 352. The number of hydrogen-bond donors (Lipinski definition) is 1. The summed E-state index contributed by atoms with van der Waals surface area (Å²) in [5.41, 5.74) is 2.85. The fourth-order valence-corrected chi connectivity index (χ4v) is 2.63. The predicted octanol–water partition coefficient (Wildman–Crippen LogP) is 3.88. The molecule has 0 amide bonds. The first-order valence-corrected chi connectivity index (χ1v) is 8.15. The van der Waals surface area contributed by atoms with Crippen LogP contribution in [0, 0.1) is 5.92 Å². The average Bonchev–Trinajstić information content (AvgIpc) is 2.44. The van der Waals surface area contributed by atoms with Gasteiger partial charge in [-0.25, -0.2) is 0 Å². The molecule has 0 heterocycles. The van der Waals surface area contributed by atoms with Gasteiger partial charge in [-0.05, 0) is 43.1 Å². The SMILES string of the molecule is CCNC(CN(CC)CC)c1ccc(CC(C)C)cc1. The van der Waals surface area contributed by atoms with Gasteiger partial charge in [0.1, 0.15) is 0 Å². The Morgan fingerprint density at radius 3 is 2.05 bits per heavy atom. The lowest BCUT2D eigenvalue weighted by molar-refractivity contribution is 0.267. The summed E-state index contributed by atoms with van der Waals surface area (Å²) in [6.07, 6.45) is 1.17. The van der Waals surface area contributed by atoms with Crippen molar-refractivity contribution in [1.29, 1.82) is 0 Å². The van der Waals surface area contributed by atoms with Crippen LogP contribution in [0.25, 0.3) is 0 Å². The molecule has 0 aromatic heterocycles. The van der Waals surface area contributed by atoms with Gasteiger partial charge in [-0.2, -0.15) is 0 Å². The van der Waals surface area contributed by atoms with Crippen LogP contribution >= 0.6 is 0 Å². The second-order valence-electron chi connectivity index (χ2n) is 5.94. The van der Waals surface area contributed by atoms with Crippen LogP contribution in [-0.2, 0) is 6.42 Å². The first-order chi connectivity index (χ1) is 9.60. The Kier molecular flexibility index (Phi) is 7.86. The second-order valence-corrected chi connectivity index (χ2v) is 5.94. The van der Waals surface area contributed by atoms with E-state index in [1.165, 1.54) is 17.5 Å². The van der Waals surface area contributed by atoms with Crippen molar-refractivity contribution in [3.05, 3.63) is 35.4 Å². The van der Waals surface area contributed by atoms with Crippen LogP contribution in [0.1, 0.15) is 51.8 Å². The van der Waals surface area contributed by atoms with Gasteiger partial charge in [0.15, 0.2) is 0 Å². The smallest absolute Gasteiger partial charge is 0.0449 e. The van der Waals surface area contributed by atoms with Crippen molar-refractivity contribution in [2.45, 2.75) is 47.1 Å². The van der Waals surface area contributed by atoms with Gasteiger partial charge in [-0.15, -0.1) is 0 Å². The van der Waals surface area contributed by atoms with Crippen molar-refractivity contribution in [2.24, 2.45) is 5.92 Å². The van der Waals surface area contributed by atoms with E-state index in [9.17, 15) is 0 Å². The number of benzene rings is 1. The number of nitrogens with one attached hydrogen (secondary N) is 1. The molecular weight excluding hydrogens is 244 g/mol. The number of nitrogens with zero attached hydrogens (tertiary/aromatic N) is 1. The number of hydrogen-bond acceptors (Lipinski definition) is 2. The van der Waals surface area contributed by atoms with Crippen LogP contribution in [0.3, 0.4) is 0 Å². The lowest BCUT2D eigenvalue weighted by Crippen LogP contribution is -2.35. The average molecular weight is 276 g/mol. The third-order valence-corrected chi connectivity index (χ3v) is 3.81. The molecule has 0 fully saturated rings. The summed E-state index contributed by atoms with van der Waals surface area (Å²) >= 11 is 0. The first kappa shape index (κ1) is 17.2. The molecule has 20 heavy (non-hydrogen) atoms. The molecule has 0 aliphatic heterocycles. The van der Waals surface area contributed by atoms with E-state index < -0.39 is 0 Å². The summed E-state index contributed by atoms with van der Waals surface area (Å²) in [5, 5.41) is 3.62. The summed E-state index contributed by atoms with van der Waals surface area (Å²) in [6, 6.07) is 9.63. The van der Waals surface area contributed by atoms with E-state index in [1.807, 2.05) is 0 Å². The maximum Gasteiger partial charge on any atom is 0.0449 e. The van der Waals surface area contributed by atoms with Crippen molar-refractivity contribution in [2.75, 3.05) is 26.2 Å². The highest BCUT2D eigenvalue weighted by atomic mass is 15.1. The van der Waals surface area contributed by atoms with Gasteiger partial charge in [-0.1, -0.05) is 58.9 Å². The van der Waals surface area contributed by atoms with Crippen LogP contribution < -0.4 is 5.32 Å². The van der Waals surface area contributed by atoms with Gasteiger partial charge in [0.25, 0.3) is 0 Å². The monoisotopic (exact) mass is 276 g/mol. The Labute approximate surface area is 125 Å². The van der Waals surface area contributed by atoms with Crippen molar-refractivity contribution >= 4 is 0 Å². The van der Waals surface area contributed by atoms with E-state index in [0.29, 0.717) is 6.04 Å². The quantitative estimate of drug-likeness (QED) is 0.736. The lowest BCUT2D eigenvalue weighted by Gasteiger charge is -2.26. The molecule has 0 saturated carbocycles. The van der Waals surface area contributed by atoms with Gasteiger partial charge in [0.2, 0.25) is 0 Å². The van der Waals surface area contributed by atoms with E-state index in [-0.39, 0.29) is 0 Å². The Morgan fingerprint density at radius 1 is 1.00 bits per heavy atom. The summed E-state index contributed by atoms with van der Waals surface area (Å²) in [4.78, 5) is 2.48. The van der Waals surface area contributed by atoms with Gasteiger partial charge in [0, 0.05) is 12.6 Å². The molecule has 0 spiro atoms. The lowest BCUT2D eigenvalue weighted by atomic mass is 9.99. The maximum absolute atomic E-state index is 3.62. The standard InChI is InChI=1S/C18H32N2/c1-6-19-18(14-20(7-2)8-3)17-11-9-16(10-12-17)13-15(4)5/h9-12,15,18-19H,6-8,13-14H2,1-5H3. The van der Waals surface area contributed by atoms with E-state index in [1.54, 1.807) is 0 Å².